The summed E-state index contributed by atoms with van der Waals surface area (Å²) in [6.45, 7) is 0. The minimum absolute atomic E-state index is 0.0893. The number of carbonyl (C=O) groups excluding carboxylic acids is 3. The molecule has 0 aliphatic rings. The van der Waals surface area contributed by atoms with Crippen LogP contribution >= 0.6 is 11.3 Å². The summed E-state index contributed by atoms with van der Waals surface area (Å²) in [5, 5.41) is 4.50. The molecule has 206 valence electrons. The number of hydrogen-bond acceptors (Lipinski definition) is 6. The number of halogens is 8. The fourth-order valence-electron chi connectivity index (χ4n) is 2.75. The van der Waals surface area contributed by atoms with Gasteiger partial charge in [0.2, 0.25) is 0 Å². The smallest absolute Gasteiger partial charge is 0.273 e. The van der Waals surface area contributed by atoms with Crippen LogP contribution in [-0.2, 0) is 12.4 Å². The lowest BCUT2D eigenvalue weighted by atomic mass is 10.1. The Morgan fingerprint density at radius 1 is 0.923 bits per heavy atom. The van der Waals surface area contributed by atoms with Crippen LogP contribution in [0.3, 0.4) is 0 Å². The third-order valence-corrected chi connectivity index (χ3v) is 5.83. The summed E-state index contributed by atoms with van der Waals surface area (Å²) in [5.74, 6) is -5.24. The fourth-order valence-corrected chi connectivity index (χ4v) is 3.69. The molecule has 2 aromatic carbocycles. The molecule has 0 saturated carbocycles. The first-order valence-electron chi connectivity index (χ1n) is 10.2. The van der Waals surface area contributed by atoms with Crippen LogP contribution in [0.15, 0.2) is 47.6 Å². The lowest BCUT2D eigenvalue weighted by Crippen LogP contribution is -2.40. The number of carbonyl (C=O) groups is 3. The molecule has 0 radical (unpaired) electrons. The summed E-state index contributed by atoms with van der Waals surface area (Å²) < 4.78 is 105. The lowest BCUT2D eigenvalue weighted by Gasteiger charge is -2.14. The van der Waals surface area contributed by atoms with Gasteiger partial charge in [0.25, 0.3) is 11.8 Å². The number of alkyl halides is 6. The van der Waals surface area contributed by atoms with E-state index in [0.29, 0.717) is 17.0 Å². The molecule has 2 N–H and O–H groups in total. The predicted molar refractivity (Wildman–Crippen MR) is 121 cm³/mol. The van der Waals surface area contributed by atoms with Crippen LogP contribution in [0.25, 0.3) is 0 Å². The summed E-state index contributed by atoms with van der Waals surface area (Å²) in [5.41, 5.74) is -1.22. The Hall–Kier alpha value is -4.41. The van der Waals surface area contributed by atoms with Crippen LogP contribution in [0.2, 0.25) is 0 Å². The first kappa shape index (κ1) is 29.2. The van der Waals surface area contributed by atoms with E-state index >= 15 is 0 Å². The van der Waals surface area contributed by atoms with Crippen LogP contribution in [-0.4, -0.2) is 36.1 Å². The predicted octanol–water partition coefficient (Wildman–Crippen LogP) is 5.21. The topological polar surface area (TPSA) is 104 Å². The van der Waals surface area contributed by atoms with Crippen molar-refractivity contribution in [3.05, 3.63) is 81.4 Å². The highest BCUT2D eigenvalue weighted by Crippen LogP contribution is 2.37. The average molecular weight is 579 g/mol. The SMILES string of the molecule is CN(C(=O)NC(=O)c1ccc(F)c(F)c1)c1nc(C(F)(F)F)c(C(=O)N/N=C/c2ccc(C(F)(F)F)cc2)s1. The first-order chi connectivity index (χ1) is 18.1. The third-order valence-electron chi connectivity index (χ3n) is 4.70. The number of amides is 4. The number of nitrogens with one attached hydrogen (secondary N) is 2. The number of benzene rings is 2. The Morgan fingerprint density at radius 3 is 2.13 bits per heavy atom. The highest BCUT2D eigenvalue weighted by atomic mass is 32.1. The van der Waals surface area contributed by atoms with Crippen molar-refractivity contribution in [2.45, 2.75) is 12.4 Å². The van der Waals surface area contributed by atoms with Gasteiger partial charge in [0.15, 0.2) is 22.5 Å². The maximum atomic E-state index is 13.5. The van der Waals surface area contributed by atoms with Gasteiger partial charge in [-0.2, -0.15) is 31.4 Å². The van der Waals surface area contributed by atoms with Gasteiger partial charge in [0.1, 0.15) is 4.88 Å². The van der Waals surface area contributed by atoms with E-state index in [-0.39, 0.29) is 16.9 Å². The van der Waals surface area contributed by atoms with Crippen LogP contribution in [0.4, 0.5) is 45.0 Å². The lowest BCUT2D eigenvalue weighted by molar-refractivity contribution is -0.141. The Bertz CT molecular complexity index is 1430. The normalized spacial score (nSPS) is 11.9. The number of anilines is 1. The largest absolute Gasteiger partial charge is 0.435 e. The van der Waals surface area contributed by atoms with E-state index < -0.39 is 68.7 Å². The minimum Gasteiger partial charge on any atom is -0.273 e. The summed E-state index contributed by atoms with van der Waals surface area (Å²) in [7, 11) is 0.928. The molecule has 0 saturated heterocycles. The Morgan fingerprint density at radius 2 is 1.56 bits per heavy atom. The second-order valence-corrected chi connectivity index (χ2v) is 8.42. The monoisotopic (exact) mass is 579 g/mol. The Labute approximate surface area is 216 Å². The van der Waals surface area contributed by atoms with Gasteiger partial charge in [-0.05, 0) is 35.9 Å². The van der Waals surface area contributed by atoms with Crippen LogP contribution in [0.5, 0.6) is 0 Å². The Kier molecular flexibility index (Phi) is 8.33. The van der Waals surface area contributed by atoms with Crippen molar-refractivity contribution in [3.63, 3.8) is 0 Å². The molecule has 17 heteroatoms. The number of thiazole rings is 1. The summed E-state index contributed by atoms with van der Waals surface area (Å²) in [6.07, 6.45) is -8.86. The molecule has 1 heterocycles. The number of imide groups is 1. The fraction of sp³-hybridized carbons (Fsp3) is 0.136. The van der Waals surface area contributed by atoms with E-state index in [4.69, 9.17) is 0 Å². The maximum Gasteiger partial charge on any atom is 0.435 e. The molecule has 0 fully saturated rings. The van der Waals surface area contributed by atoms with E-state index in [2.05, 4.69) is 10.1 Å². The summed E-state index contributed by atoms with van der Waals surface area (Å²) in [4.78, 5) is 39.5. The van der Waals surface area contributed by atoms with E-state index in [0.717, 1.165) is 43.6 Å². The van der Waals surface area contributed by atoms with Gasteiger partial charge < -0.3 is 0 Å². The van der Waals surface area contributed by atoms with Crippen molar-refractivity contribution in [3.8, 4) is 0 Å². The van der Waals surface area contributed by atoms with E-state index in [1.54, 1.807) is 10.7 Å². The molecule has 3 rings (SSSR count). The summed E-state index contributed by atoms with van der Waals surface area (Å²) in [6, 6.07) is 4.17. The van der Waals surface area contributed by atoms with Gasteiger partial charge in [-0.1, -0.05) is 23.5 Å². The van der Waals surface area contributed by atoms with Crippen molar-refractivity contribution in [1.82, 2.24) is 15.7 Å². The van der Waals surface area contributed by atoms with Crippen molar-refractivity contribution < 1.29 is 49.5 Å². The zero-order chi connectivity index (χ0) is 29.1. The number of aromatic nitrogens is 1. The molecule has 0 aliphatic carbocycles. The maximum absolute atomic E-state index is 13.5. The molecule has 39 heavy (non-hydrogen) atoms. The first-order valence-corrected chi connectivity index (χ1v) is 11.0. The van der Waals surface area contributed by atoms with Crippen molar-refractivity contribution in [2.24, 2.45) is 5.10 Å². The second-order valence-electron chi connectivity index (χ2n) is 7.44. The van der Waals surface area contributed by atoms with Gasteiger partial charge in [0.05, 0.1) is 11.8 Å². The highest BCUT2D eigenvalue weighted by Gasteiger charge is 2.40. The molecule has 0 bridgehead atoms. The zero-order valence-electron chi connectivity index (χ0n) is 19.1. The molecule has 3 aromatic rings. The number of urea groups is 1. The molecular formula is C22H13F8N5O3S. The van der Waals surface area contributed by atoms with Crippen molar-refractivity contribution in [1.29, 1.82) is 0 Å². The average Bonchev–Trinajstić information content (AvgIpc) is 3.31. The molecule has 0 aliphatic heterocycles. The second kappa shape index (κ2) is 11.1. The quantitative estimate of drug-likeness (QED) is 0.246. The number of hydrazone groups is 1. The van der Waals surface area contributed by atoms with Gasteiger partial charge in [0, 0.05) is 12.6 Å². The molecule has 1 aromatic heterocycles. The van der Waals surface area contributed by atoms with E-state index in [9.17, 15) is 49.5 Å². The van der Waals surface area contributed by atoms with Crippen LogP contribution in [0, 0.1) is 11.6 Å². The number of hydrogen-bond donors (Lipinski definition) is 2. The highest BCUT2D eigenvalue weighted by molar-refractivity contribution is 7.17. The molecule has 8 nitrogen and oxygen atoms in total. The van der Waals surface area contributed by atoms with Gasteiger partial charge in [-0.25, -0.2) is 24.0 Å². The van der Waals surface area contributed by atoms with Crippen LogP contribution in [0.1, 0.15) is 36.9 Å². The number of rotatable bonds is 5. The molecule has 4 amide bonds. The van der Waals surface area contributed by atoms with Crippen molar-refractivity contribution in [2.75, 3.05) is 11.9 Å². The van der Waals surface area contributed by atoms with Gasteiger partial charge >= 0.3 is 18.4 Å². The van der Waals surface area contributed by atoms with Gasteiger partial charge in [-0.3, -0.25) is 19.8 Å². The molecule has 0 unspecified atom stereocenters. The molecule has 0 spiro atoms. The zero-order valence-corrected chi connectivity index (χ0v) is 19.9. The standard InChI is InChI=1S/C22H13F8N5O3S/c1-35(19(38)33-17(36)11-4-7-13(23)14(24)8-11)20-32-16(22(28,29)30)15(39-20)18(37)34-31-9-10-2-5-12(6-3-10)21(25,26)27/h2-9H,1H3,(H,34,37)(H,33,36,38)/b31-9+. The van der Waals surface area contributed by atoms with E-state index in [1.165, 1.54) is 0 Å². The minimum atomic E-state index is -5.16. The van der Waals surface area contributed by atoms with Crippen molar-refractivity contribution >= 4 is 40.5 Å². The number of nitrogens with zero attached hydrogens (tertiary/aromatic N) is 3. The Balaban J connectivity index is 1.75. The van der Waals surface area contributed by atoms with E-state index in [1.807, 2.05) is 0 Å². The van der Waals surface area contributed by atoms with Gasteiger partial charge in [-0.15, -0.1) is 0 Å². The van der Waals surface area contributed by atoms with Crippen LogP contribution < -0.4 is 15.6 Å². The molecular weight excluding hydrogens is 566 g/mol. The third kappa shape index (κ3) is 7.13. The molecule has 0 atom stereocenters. The summed E-state index contributed by atoms with van der Waals surface area (Å²) >= 11 is 0.111.